The molecule has 3 rings (SSSR count). The Hall–Kier alpha value is -2.41. The maximum Gasteiger partial charge on any atom is 0.252 e. The van der Waals surface area contributed by atoms with Gasteiger partial charge in [0.15, 0.2) is 0 Å². The molecule has 30 heavy (non-hydrogen) atoms. The molecule has 1 saturated carbocycles. The van der Waals surface area contributed by atoms with Crippen molar-refractivity contribution in [3.63, 3.8) is 0 Å². The Morgan fingerprint density at radius 3 is 2.40 bits per heavy atom. The largest absolute Gasteiger partial charge is 0.355 e. The average Bonchev–Trinajstić information content (AvgIpc) is 2.75. The topological polar surface area (TPSA) is 58.2 Å². The van der Waals surface area contributed by atoms with Gasteiger partial charge in [0.05, 0.1) is 11.3 Å². The number of thioether (sulfide) groups is 1. The second-order valence-corrected chi connectivity index (χ2v) is 8.57. The monoisotopic (exact) mass is 432 g/mol. The van der Waals surface area contributed by atoms with Crippen LogP contribution in [0.1, 0.15) is 48.0 Å². The van der Waals surface area contributed by atoms with Crippen LogP contribution < -0.4 is 10.6 Å². The van der Waals surface area contributed by atoms with Gasteiger partial charge in [-0.2, -0.15) is 0 Å². The van der Waals surface area contributed by atoms with Gasteiger partial charge in [0.1, 0.15) is 11.6 Å². The molecule has 0 aromatic heterocycles. The van der Waals surface area contributed by atoms with Crippen LogP contribution in [0.3, 0.4) is 0 Å². The second kappa shape index (κ2) is 11.1. The van der Waals surface area contributed by atoms with Crippen molar-refractivity contribution in [2.45, 2.75) is 43.5 Å². The van der Waals surface area contributed by atoms with Gasteiger partial charge in [-0.15, -0.1) is 11.8 Å². The molecule has 4 nitrogen and oxygen atoms in total. The minimum atomic E-state index is -0.686. The molecule has 0 aliphatic heterocycles. The van der Waals surface area contributed by atoms with E-state index in [-0.39, 0.29) is 24.1 Å². The lowest BCUT2D eigenvalue weighted by Gasteiger charge is -2.21. The predicted octanol–water partition coefficient (Wildman–Crippen LogP) is 4.68. The summed E-state index contributed by atoms with van der Waals surface area (Å²) in [4.78, 5) is 25.5. The Morgan fingerprint density at radius 2 is 1.67 bits per heavy atom. The minimum Gasteiger partial charge on any atom is -0.355 e. The maximum absolute atomic E-state index is 13.3. The van der Waals surface area contributed by atoms with Crippen LogP contribution in [0.5, 0.6) is 0 Å². The molecular weight excluding hydrogens is 406 g/mol. The van der Waals surface area contributed by atoms with Crippen LogP contribution >= 0.6 is 11.8 Å². The Kier molecular flexibility index (Phi) is 8.25. The van der Waals surface area contributed by atoms with Crippen molar-refractivity contribution in [2.24, 2.45) is 5.92 Å². The molecule has 0 saturated heterocycles. The molecule has 2 N–H and O–H groups in total. The first kappa shape index (κ1) is 22.3. The summed E-state index contributed by atoms with van der Waals surface area (Å²) in [5, 5.41) is 5.68. The van der Waals surface area contributed by atoms with E-state index in [2.05, 4.69) is 10.6 Å². The molecule has 0 unspecified atom stereocenters. The molecule has 2 aromatic rings. The molecule has 160 valence electrons. The van der Waals surface area contributed by atoms with Gasteiger partial charge < -0.3 is 10.6 Å². The third-order valence-corrected chi connectivity index (χ3v) is 6.25. The summed E-state index contributed by atoms with van der Waals surface area (Å²) in [5.74, 6) is -0.977. The van der Waals surface area contributed by atoms with Crippen LogP contribution in [0.15, 0.2) is 47.4 Å². The van der Waals surface area contributed by atoms with Gasteiger partial charge in [-0.3, -0.25) is 9.59 Å². The van der Waals surface area contributed by atoms with E-state index in [4.69, 9.17) is 0 Å². The molecule has 1 aliphatic rings. The summed E-state index contributed by atoms with van der Waals surface area (Å²) in [6, 6.07) is 10.2. The Bertz CT molecular complexity index is 865. The summed E-state index contributed by atoms with van der Waals surface area (Å²) in [6.45, 7) is 0.722. The Morgan fingerprint density at radius 1 is 0.967 bits per heavy atom. The number of benzene rings is 2. The first-order chi connectivity index (χ1) is 14.5. The van der Waals surface area contributed by atoms with Crippen LogP contribution in [0.2, 0.25) is 0 Å². The second-order valence-electron chi connectivity index (χ2n) is 7.55. The quantitative estimate of drug-likeness (QED) is 0.596. The molecule has 2 aromatic carbocycles. The van der Waals surface area contributed by atoms with E-state index in [1.807, 2.05) is 0 Å². The predicted molar refractivity (Wildman–Crippen MR) is 114 cm³/mol. The van der Waals surface area contributed by atoms with E-state index in [0.29, 0.717) is 28.5 Å². The summed E-state index contributed by atoms with van der Waals surface area (Å²) >= 11 is 1.30. The van der Waals surface area contributed by atoms with Gasteiger partial charge >= 0.3 is 0 Å². The van der Waals surface area contributed by atoms with E-state index >= 15 is 0 Å². The van der Waals surface area contributed by atoms with Crippen molar-refractivity contribution in [1.29, 1.82) is 0 Å². The lowest BCUT2D eigenvalue weighted by molar-refractivity contribution is -0.118. The van der Waals surface area contributed by atoms with Gasteiger partial charge in [-0.25, -0.2) is 8.78 Å². The van der Waals surface area contributed by atoms with Crippen molar-refractivity contribution in [3.05, 3.63) is 65.2 Å². The Labute approximate surface area is 179 Å². The van der Waals surface area contributed by atoms with Crippen molar-refractivity contribution in [3.8, 4) is 0 Å². The fraction of sp³-hybridized carbons (Fsp3) is 0.391. The van der Waals surface area contributed by atoms with E-state index in [0.717, 1.165) is 6.07 Å². The average molecular weight is 433 g/mol. The number of halogens is 2. The van der Waals surface area contributed by atoms with Crippen LogP contribution in [-0.4, -0.2) is 24.1 Å². The lowest BCUT2D eigenvalue weighted by atomic mass is 9.89. The number of amides is 2. The number of carbonyl (C=O) groups is 2. The highest BCUT2D eigenvalue weighted by atomic mass is 32.2. The SMILES string of the molecule is O=C(CSc1ccccc1C(=O)NCc1cc(F)cc(F)c1)NCC1CCCCC1. The van der Waals surface area contributed by atoms with Crippen LogP contribution in [-0.2, 0) is 11.3 Å². The van der Waals surface area contributed by atoms with Crippen molar-refractivity contribution >= 4 is 23.6 Å². The van der Waals surface area contributed by atoms with E-state index < -0.39 is 11.6 Å². The highest BCUT2D eigenvalue weighted by Gasteiger charge is 2.16. The first-order valence-corrected chi connectivity index (χ1v) is 11.2. The van der Waals surface area contributed by atoms with Gasteiger partial charge in [0, 0.05) is 24.1 Å². The van der Waals surface area contributed by atoms with Gasteiger partial charge in [-0.1, -0.05) is 31.4 Å². The van der Waals surface area contributed by atoms with Crippen molar-refractivity contribution in [2.75, 3.05) is 12.3 Å². The van der Waals surface area contributed by atoms with Gasteiger partial charge in [0.2, 0.25) is 5.91 Å². The number of rotatable bonds is 8. The molecule has 1 aliphatic carbocycles. The molecule has 0 bridgehead atoms. The summed E-state index contributed by atoms with van der Waals surface area (Å²) in [7, 11) is 0. The molecule has 2 amide bonds. The zero-order chi connectivity index (χ0) is 21.3. The summed E-state index contributed by atoms with van der Waals surface area (Å²) in [5.41, 5.74) is 0.771. The van der Waals surface area contributed by atoms with Crippen molar-refractivity contribution in [1.82, 2.24) is 10.6 Å². The van der Waals surface area contributed by atoms with E-state index in [1.165, 1.54) is 56.0 Å². The van der Waals surface area contributed by atoms with Gasteiger partial charge in [0.25, 0.3) is 5.91 Å². The lowest BCUT2D eigenvalue weighted by Crippen LogP contribution is -2.31. The third kappa shape index (κ3) is 6.83. The molecule has 0 atom stereocenters. The number of nitrogens with one attached hydrogen (secondary N) is 2. The van der Waals surface area contributed by atoms with Gasteiger partial charge in [-0.05, 0) is 48.6 Å². The van der Waals surface area contributed by atoms with E-state index in [9.17, 15) is 18.4 Å². The molecule has 7 heteroatoms. The number of hydrogen-bond donors (Lipinski definition) is 2. The minimum absolute atomic E-state index is 0.00832. The molecule has 0 spiro atoms. The number of carbonyl (C=O) groups excluding carboxylic acids is 2. The highest BCUT2D eigenvalue weighted by Crippen LogP contribution is 2.24. The zero-order valence-corrected chi connectivity index (χ0v) is 17.6. The highest BCUT2D eigenvalue weighted by molar-refractivity contribution is 8.00. The third-order valence-electron chi connectivity index (χ3n) is 5.18. The standard InChI is InChI=1S/C23H26F2N2O2S/c24-18-10-17(11-19(25)12-18)14-27-23(29)20-8-4-5-9-21(20)30-15-22(28)26-13-16-6-2-1-3-7-16/h4-5,8-12,16H,1-3,6-7,13-15H2,(H,26,28)(H,27,29). The van der Waals surface area contributed by atoms with Crippen molar-refractivity contribution < 1.29 is 18.4 Å². The smallest absolute Gasteiger partial charge is 0.252 e. The fourth-order valence-electron chi connectivity index (χ4n) is 3.61. The molecule has 0 heterocycles. The maximum atomic E-state index is 13.3. The molecule has 0 radical (unpaired) electrons. The van der Waals surface area contributed by atoms with Crippen LogP contribution in [0.4, 0.5) is 8.78 Å². The normalized spacial score (nSPS) is 14.3. The number of hydrogen-bond acceptors (Lipinski definition) is 3. The zero-order valence-electron chi connectivity index (χ0n) is 16.8. The summed E-state index contributed by atoms with van der Waals surface area (Å²) < 4.78 is 26.6. The van der Waals surface area contributed by atoms with Crippen LogP contribution in [0, 0.1) is 17.6 Å². The van der Waals surface area contributed by atoms with Crippen LogP contribution in [0.25, 0.3) is 0 Å². The Balaban J connectivity index is 1.51. The van der Waals surface area contributed by atoms with E-state index in [1.54, 1.807) is 24.3 Å². The fourth-order valence-corrected chi connectivity index (χ4v) is 4.49. The first-order valence-electron chi connectivity index (χ1n) is 10.2. The summed E-state index contributed by atoms with van der Waals surface area (Å²) in [6.07, 6.45) is 6.10. The molecule has 1 fully saturated rings. The molecular formula is C23H26F2N2O2S.